The molecule has 5 aromatic carbocycles. The van der Waals surface area contributed by atoms with Crippen molar-refractivity contribution < 1.29 is 8.78 Å². The van der Waals surface area contributed by atoms with Gasteiger partial charge in [0.2, 0.25) is 0 Å². The van der Waals surface area contributed by atoms with Gasteiger partial charge in [0.25, 0.3) is 0 Å². The number of hydrogen-bond donors (Lipinski definition) is 0. The summed E-state index contributed by atoms with van der Waals surface area (Å²) in [6.45, 7) is 7.93. The molecule has 5 aromatic rings. The number of hydrogen-bond acceptors (Lipinski definition) is 0. The zero-order chi connectivity index (χ0) is 28.2. The highest BCUT2D eigenvalue weighted by Gasteiger charge is 2.36. The summed E-state index contributed by atoms with van der Waals surface area (Å²) < 4.78 is 34.9. The minimum atomic E-state index is -1.33. The van der Waals surface area contributed by atoms with Gasteiger partial charge >= 0.3 is 0 Å². The Kier molecular flexibility index (Phi) is 8.90. The van der Waals surface area contributed by atoms with Gasteiger partial charge in [0.1, 0.15) is 11.6 Å². The molecule has 4 heteroatoms. The molecule has 0 spiro atoms. The Morgan fingerprint density at radius 3 is 0.825 bits per heavy atom. The van der Waals surface area contributed by atoms with Crippen LogP contribution in [0.25, 0.3) is 0 Å². The molecule has 202 valence electrons. The largest absolute Gasteiger partial charge is 0.206 e. The number of benzene rings is 5. The van der Waals surface area contributed by atoms with Crippen LogP contribution in [-0.2, 0) is 0 Å². The Morgan fingerprint density at radius 2 is 0.625 bits per heavy atom. The Balaban J connectivity index is 1.90. The molecular weight excluding hydrogens is 532 g/mol. The van der Waals surface area contributed by atoms with Crippen LogP contribution < -0.4 is 31.8 Å². The summed E-state index contributed by atoms with van der Waals surface area (Å²) in [4.78, 5) is 0. The summed E-state index contributed by atoms with van der Waals surface area (Å²) in [6.07, 6.45) is 0. The second-order valence-electron chi connectivity index (χ2n) is 10.5. The Bertz CT molecular complexity index is 1350. The third-order valence-electron chi connectivity index (χ3n) is 7.06. The summed E-state index contributed by atoms with van der Waals surface area (Å²) >= 11 is 0. The van der Waals surface area contributed by atoms with E-state index in [4.69, 9.17) is 0 Å². The fraction of sp³-hybridized carbons (Fsp3) is 0.167. The van der Waals surface area contributed by atoms with Crippen molar-refractivity contribution in [2.75, 3.05) is 0 Å². The van der Waals surface area contributed by atoms with Gasteiger partial charge in [-0.25, -0.2) is 8.78 Å². The van der Waals surface area contributed by atoms with Gasteiger partial charge in [0.15, 0.2) is 0 Å². The molecule has 0 amide bonds. The third kappa shape index (κ3) is 5.54. The van der Waals surface area contributed by atoms with Crippen LogP contribution in [-0.4, -0.2) is 0 Å². The number of halogens is 2. The van der Waals surface area contributed by atoms with Crippen molar-refractivity contribution in [1.29, 1.82) is 0 Å². The van der Waals surface area contributed by atoms with E-state index in [2.05, 4.69) is 0 Å². The van der Waals surface area contributed by atoms with Gasteiger partial charge in [0, 0.05) is 21.7 Å². The van der Waals surface area contributed by atoms with Crippen LogP contribution in [0, 0.1) is 11.6 Å². The van der Waals surface area contributed by atoms with Crippen LogP contribution in [0.5, 0.6) is 0 Å². The van der Waals surface area contributed by atoms with Gasteiger partial charge < -0.3 is 0 Å². The van der Waals surface area contributed by atoms with E-state index in [9.17, 15) is 0 Å². The summed E-state index contributed by atoms with van der Waals surface area (Å²) in [5.41, 5.74) is 0.991. The fourth-order valence-electron chi connectivity index (χ4n) is 5.31. The Hall–Kier alpha value is -3.18. The monoisotopic (exact) mass is 566 g/mol. The first-order valence-corrected chi connectivity index (χ1v) is 16.4. The highest BCUT2D eigenvalue weighted by molar-refractivity contribution is 7.80. The van der Waals surface area contributed by atoms with E-state index in [0.717, 1.165) is 21.2 Å². The lowest BCUT2D eigenvalue weighted by Gasteiger charge is -2.31. The van der Waals surface area contributed by atoms with E-state index in [1.807, 2.05) is 149 Å². The van der Waals surface area contributed by atoms with E-state index < -0.39 is 15.8 Å². The summed E-state index contributed by atoms with van der Waals surface area (Å²) in [6, 6.07) is 40.1. The maximum atomic E-state index is 17.5. The molecule has 40 heavy (non-hydrogen) atoms. The maximum absolute atomic E-state index is 17.5. The first-order valence-electron chi connectivity index (χ1n) is 13.7. The van der Waals surface area contributed by atoms with Crippen LogP contribution in [0.2, 0.25) is 0 Å². The van der Waals surface area contributed by atoms with E-state index in [1.54, 1.807) is 0 Å². The van der Waals surface area contributed by atoms with E-state index in [-0.39, 0.29) is 23.5 Å². The zero-order valence-corrected chi connectivity index (χ0v) is 25.1. The molecule has 0 aliphatic carbocycles. The third-order valence-corrected chi connectivity index (χ3v) is 12.1. The SMILES string of the molecule is CC(C)c1c(F)c(P(c2ccccc2)c2ccccc2)c(C(C)C)c(F)c1P(c1ccccc1)c1ccccc1. The van der Waals surface area contributed by atoms with Crippen molar-refractivity contribution in [3.05, 3.63) is 144 Å². The van der Waals surface area contributed by atoms with Crippen LogP contribution in [0.15, 0.2) is 121 Å². The molecule has 0 saturated carbocycles. The molecule has 0 heterocycles. The van der Waals surface area contributed by atoms with Crippen LogP contribution >= 0.6 is 15.8 Å². The molecule has 0 unspecified atom stereocenters. The average molecular weight is 567 g/mol. The van der Waals surface area contributed by atoms with Gasteiger partial charge in [-0.3, -0.25) is 0 Å². The molecule has 0 radical (unpaired) electrons. The molecule has 0 nitrogen and oxygen atoms in total. The molecule has 0 aliphatic heterocycles. The zero-order valence-electron chi connectivity index (χ0n) is 23.4. The highest BCUT2D eigenvalue weighted by Crippen LogP contribution is 2.44. The molecule has 5 rings (SSSR count). The minimum Gasteiger partial charge on any atom is -0.206 e. The summed E-state index contributed by atoms with van der Waals surface area (Å²) in [7, 11) is -2.65. The Morgan fingerprint density at radius 1 is 0.400 bits per heavy atom. The highest BCUT2D eigenvalue weighted by atomic mass is 31.1. The van der Waals surface area contributed by atoms with Gasteiger partial charge in [-0.2, -0.15) is 0 Å². The van der Waals surface area contributed by atoms with Crippen molar-refractivity contribution >= 4 is 47.7 Å². The lowest BCUT2D eigenvalue weighted by atomic mass is 9.95. The lowest BCUT2D eigenvalue weighted by Crippen LogP contribution is -2.36. The standard InChI is InChI=1S/C36H34F2P2/c1-25(2)31-33(37)36(40(29-21-13-7-14-22-29)30-23-15-8-16-24-30)32(26(3)4)34(38)35(31)39(27-17-9-5-10-18-27)28-19-11-6-12-20-28/h5-26H,1-4H3. The molecule has 0 atom stereocenters. The molecule has 0 aromatic heterocycles. The van der Waals surface area contributed by atoms with Gasteiger partial charge in [-0.15, -0.1) is 0 Å². The van der Waals surface area contributed by atoms with Crippen molar-refractivity contribution in [1.82, 2.24) is 0 Å². The minimum absolute atomic E-state index is 0.203. The second kappa shape index (κ2) is 12.6. The first kappa shape index (κ1) is 28.4. The summed E-state index contributed by atoms with van der Waals surface area (Å²) in [5, 5.41) is 5.09. The molecular formula is C36H34F2P2. The molecule has 0 saturated heterocycles. The second-order valence-corrected chi connectivity index (χ2v) is 14.8. The summed E-state index contributed by atoms with van der Waals surface area (Å²) in [5.74, 6) is -0.919. The number of rotatable bonds is 8. The average Bonchev–Trinajstić information content (AvgIpc) is 2.97. The Labute approximate surface area is 239 Å². The maximum Gasteiger partial charge on any atom is 0.136 e. The predicted molar refractivity (Wildman–Crippen MR) is 172 cm³/mol. The van der Waals surface area contributed by atoms with Crippen LogP contribution in [0.4, 0.5) is 8.78 Å². The van der Waals surface area contributed by atoms with Gasteiger partial charge in [0.05, 0.1) is 0 Å². The predicted octanol–water partition coefficient (Wildman–Crippen LogP) is 7.73. The first-order chi connectivity index (χ1) is 19.4. The van der Waals surface area contributed by atoms with Crippen molar-refractivity contribution in [2.24, 2.45) is 0 Å². The van der Waals surface area contributed by atoms with Gasteiger partial charge in [-0.1, -0.05) is 149 Å². The van der Waals surface area contributed by atoms with Crippen molar-refractivity contribution in [3.8, 4) is 0 Å². The molecule has 0 fully saturated rings. The molecule has 0 aliphatic rings. The normalized spacial score (nSPS) is 11.7. The van der Waals surface area contributed by atoms with Crippen LogP contribution in [0.1, 0.15) is 50.7 Å². The van der Waals surface area contributed by atoms with Crippen molar-refractivity contribution in [3.63, 3.8) is 0 Å². The smallest absolute Gasteiger partial charge is 0.136 e. The van der Waals surface area contributed by atoms with E-state index in [1.165, 1.54) is 0 Å². The van der Waals surface area contributed by atoms with E-state index in [0.29, 0.717) is 21.7 Å². The molecule has 0 bridgehead atoms. The van der Waals surface area contributed by atoms with E-state index >= 15 is 8.78 Å². The van der Waals surface area contributed by atoms with Crippen molar-refractivity contribution in [2.45, 2.75) is 39.5 Å². The van der Waals surface area contributed by atoms with Crippen LogP contribution in [0.3, 0.4) is 0 Å². The molecule has 0 N–H and O–H groups in total. The quantitative estimate of drug-likeness (QED) is 0.169. The topological polar surface area (TPSA) is 0 Å². The van der Waals surface area contributed by atoms with Gasteiger partial charge in [-0.05, 0) is 48.9 Å². The fourth-order valence-corrected chi connectivity index (χ4v) is 10.7. The lowest BCUT2D eigenvalue weighted by molar-refractivity contribution is 0.574.